The lowest BCUT2D eigenvalue weighted by molar-refractivity contribution is 0.0939. The Hall–Kier alpha value is -0.300. The van der Waals surface area contributed by atoms with Crippen molar-refractivity contribution in [2.75, 3.05) is 5.33 Å². The Kier molecular flexibility index (Phi) is 5.54. The predicted octanol–water partition coefficient (Wildman–Crippen LogP) is 2.90. The third kappa shape index (κ3) is 3.93. The van der Waals surface area contributed by atoms with Gasteiger partial charge in [0, 0.05) is 16.9 Å². The quantitative estimate of drug-likeness (QED) is 0.606. The molecule has 1 aromatic rings. The van der Waals surface area contributed by atoms with Crippen LogP contribution >= 0.6 is 38.5 Å². The number of carbonyl (C=O) groups is 1. The lowest BCUT2D eigenvalue weighted by Crippen LogP contribution is -2.32. The van der Waals surface area contributed by atoms with Crippen molar-refractivity contribution < 1.29 is 9.90 Å². The van der Waals surface area contributed by atoms with Crippen molar-refractivity contribution >= 4 is 44.4 Å². The Balaban J connectivity index is 2.69. The second-order valence-electron chi connectivity index (χ2n) is 3.52. The number of phenolic OH excluding ortho intramolecular Hbond substituents is 1. The van der Waals surface area contributed by atoms with Crippen LogP contribution in [0.15, 0.2) is 18.2 Å². The molecule has 0 aliphatic rings. The molecule has 0 radical (unpaired) electrons. The molecule has 2 N–H and O–H groups in total. The minimum absolute atomic E-state index is 0.119. The smallest absolute Gasteiger partial charge is 0.251 e. The molecule has 0 spiro atoms. The largest absolute Gasteiger partial charge is 0.507 e. The van der Waals surface area contributed by atoms with Crippen LogP contribution in [0, 0.1) is 3.57 Å². The van der Waals surface area contributed by atoms with Crippen LogP contribution in [0.3, 0.4) is 0 Å². The average molecular weight is 398 g/mol. The summed E-state index contributed by atoms with van der Waals surface area (Å²) < 4.78 is 0.739. The fourth-order valence-corrected chi connectivity index (χ4v) is 2.22. The molecule has 0 bridgehead atoms. The summed E-state index contributed by atoms with van der Waals surface area (Å²) >= 11 is 5.34. The highest BCUT2D eigenvalue weighted by Gasteiger charge is 2.10. The Morgan fingerprint density at radius 2 is 2.31 bits per heavy atom. The van der Waals surface area contributed by atoms with Crippen LogP contribution in [0.1, 0.15) is 23.7 Å². The highest BCUT2D eigenvalue weighted by molar-refractivity contribution is 14.1. The molecule has 0 aliphatic carbocycles. The van der Waals surface area contributed by atoms with E-state index in [-0.39, 0.29) is 17.7 Å². The number of aromatic hydroxyl groups is 1. The maximum absolute atomic E-state index is 11.8. The zero-order chi connectivity index (χ0) is 12.1. The fourth-order valence-electron chi connectivity index (χ4n) is 1.20. The summed E-state index contributed by atoms with van der Waals surface area (Å²) in [7, 11) is 0. The van der Waals surface area contributed by atoms with E-state index in [9.17, 15) is 9.90 Å². The third-order valence-corrected chi connectivity index (χ3v) is 3.50. The number of carbonyl (C=O) groups excluding carboxylic acids is 1. The summed E-state index contributed by atoms with van der Waals surface area (Å²) in [6.07, 6.45) is 0.877. The zero-order valence-corrected chi connectivity index (χ0v) is 12.6. The first-order valence-corrected chi connectivity index (χ1v) is 7.10. The van der Waals surface area contributed by atoms with Gasteiger partial charge in [-0.2, -0.15) is 0 Å². The van der Waals surface area contributed by atoms with E-state index in [1.165, 1.54) is 6.07 Å². The molecule has 0 fully saturated rings. The second-order valence-corrected chi connectivity index (χ2v) is 5.47. The Morgan fingerprint density at radius 3 is 2.88 bits per heavy atom. The van der Waals surface area contributed by atoms with Gasteiger partial charge < -0.3 is 10.4 Å². The van der Waals surface area contributed by atoms with Crippen LogP contribution in [0.25, 0.3) is 0 Å². The molecule has 3 nitrogen and oxygen atoms in total. The lowest BCUT2D eigenvalue weighted by atomic mass is 10.2. The van der Waals surface area contributed by atoms with E-state index in [4.69, 9.17) is 0 Å². The van der Waals surface area contributed by atoms with Gasteiger partial charge in [-0.1, -0.05) is 15.9 Å². The third-order valence-electron chi connectivity index (χ3n) is 2.13. The van der Waals surface area contributed by atoms with Crippen LogP contribution in [0.4, 0.5) is 0 Å². The monoisotopic (exact) mass is 397 g/mol. The summed E-state index contributed by atoms with van der Waals surface area (Å²) in [6, 6.07) is 5.03. The van der Waals surface area contributed by atoms with Crippen LogP contribution in [0.2, 0.25) is 0 Å². The first kappa shape index (κ1) is 13.8. The molecule has 1 aromatic carbocycles. The SMILES string of the molecule is CC(CCBr)NC(=O)c1ccc(I)c(O)c1. The molecule has 1 rings (SSSR count). The van der Waals surface area contributed by atoms with Gasteiger partial charge in [-0.3, -0.25) is 4.79 Å². The normalized spacial score (nSPS) is 12.2. The lowest BCUT2D eigenvalue weighted by Gasteiger charge is -2.12. The molecule has 1 amide bonds. The van der Waals surface area contributed by atoms with Gasteiger partial charge >= 0.3 is 0 Å². The average Bonchev–Trinajstić information content (AvgIpc) is 2.22. The van der Waals surface area contributed by atoms with Crippen LogP contribution in [-0.2, 0) is 0 Å². The second kappa shape index (κ2) is 6.44. The molecule has 0 heterocycles. The van der Waals surface area contributed by atoms with Gasteiger partial charge in [-0.15, -0.1) is 0 Å². The minimum Gasteiger partial charge on any atom is -0.507 e. The molecule has 0 aromatic heterocycles. The molecular weight excluding hydrogens is 385 g/mol. The van der Waals surface area contributed by atoms with Crippen molar-refractivity contribution in [1.29, 1.82) is 0 Å². The van der Waals surface area contributed by atoms with Gasteiger partial charge in [0.05, 0.1) is 3.57 Å². The van der Waals surface area contributed by atoms with Crippen molar-refractivity contribution in [3.63, 3.8) is 0 Å². The number of phenols is 1. The van der Waals surface area contributed by atoms with E-state index < -0.39 is 0 Å². The number of benzene rings is 1. The van der Waals surface area contributed by atoms with Crippen molar-refractivity contribution in [2.45, 2.75) is 19.4 Å². The van der Waals surface area contributed by atoms with E-state index in [0.717, 1.165) is 15.3 Å². The first-order valence-electron chi connectivity index (χ1n) is 4.90. The topological polar surface area (TPSA) is 49.3 Å². The van der Waals surface area contributed by atoms with E-state index in [0.29, 0.717) is 5.56 Å². The summed E-state index contributed by atoms with van der Waals surface area (Å²) in [5.74, 6) is -0.0125. The summed E-state index contributed by atoms with van der Waals surface area (Å²) in [5.41, 5.74) is 0.485. The van der Waals surface area contributed by atoms with Gasteiger partial charge in [0.2, 0.25) is 0 Å². The molecule has 1 unspecified atom stereocenters. The maximum Gasteiger partial charge on any atom is 0.251 e. The van der Waals surface area contributed by atoms with Gasteiger partial charge in [-0.25, -0.2) is 0 Å². The Bertz CT molecular complexity index is 384. The highest BCUT2D eigenvalue weighted by Crippen LogP contribution is 2.20. The Labute approximate surface area is 117 Å². The zero-order valence-electron chi connectivity index (χ0n) is 8.84. The Morgan fingerprint density at radius 1 is 1.62 bits per heavy atom. The first-order chi connectivity index (χ1) is 7.54. The number of amides is 1. The number of hydrogen-bond acceptors (Lipinski definition) is 2. The predicted molar refractivity (Wildman–Crippen MR) is 76.2 cm³/mol. The minimum atomic E-state index is -0.153. The van der Waals surface area contributed by atoms with Crippen molar-refractivity contribution in [1.82, 2.24) is 5.32 Å². The van der Waals surface area contributed by atoms with E-state index in [1.54, 1.807) is 12.1 Å². The standard InChI is InChI=1S/C11H13BrINO2/c1-7(4-5-12)14-11(16)8-2-3-9(13)10(15)6-8/h2-3,6-7,15H,4-5H2,1H3,(H,14,16). The molecule has 16 heavy (non-hydrogen) atoms. The van der Waals surface area contributed by atoms with Crippen molar-refractivity contribution in [3.05, 3.63) is 27.3 Å². The molecule has 0 saturated carbocycles. The molecule has 88 valence electrons. The number of alkyl halides is 1. The number of hydrogen-bond donors (Lipinski definition) is 2. The summed E-state index contributed by atoms with van der Waals surface area (Å²) in [5, 5.41) is 13.2. The van der Waals surface area contributed by atoms with Crippen molar-refractivity contribution in [2.24, 2.45) is 0 Å². The highest BCUT2D eigenvalue weighted by atomic mass is 127. The molecule has 1 atom stereocenters. The summed E-state index contributed by atoms with van der Waals surface area (Å²) in [6.45, 7) is 1.95. The molecule has 5 heteroatoms. The van der Waals surface area contributed by atoms with Gasteiger partial charge in [0.25, 0.3) is 5.91 Å². The van der Waals surface area contributed by atoms with Gasteiger partial charge in [0.1, 0.15) is 5.75 Å². The molecule has 0 saturated heterocycles. The number of halogens is 2. The number of rotatable bonds is 4. The molecule has 0 aliphatic heterocycles. The maximum atomic E-state index is 11.8. The molecular formula is C11H13BrINO2. The summed E-state index contributed by atoms with van der Waals surface area (Å²) in [4.78, 5) is 11.8. The van der Waals surface area contributed by atoms with E-state index in [1.807, 2.05) is 29.5 Å². The number of nitrogens with one attached hydrogen (secondary N) is 1. The van der Waals surface area contributed by atoms with Gasteiger partial charge in [0.15, 0.2) is 0 Å². The van der Waals surface area contributed by atoms with E-state index in [2.05, 4.69) is 21.2 Å². The van der Waals surface area contributed by atoms with E-state index >= 15 is 0 Å². The van der Waals surface area contributed by atoms with Crippen LogP contribution in [-0.4, -0.2) is 22.4 Å². The van der Waals surface area contributed by atoms with Crippen LogP contribution < -0.4 is 5.32 Å². The van der Waals surface area contributed by atoms with Gasteiger partial charge in [-0.05, 0) is 54.1 Å². The fraction of sp³-hybridized carbons (Fsp3) is 0.364. The van der Waals surface area contributed by atoms with Crippen molar-refractivity contribution in [3.8, 4) is 5.75 Å². The van der Waals surface area contributed by atoms with Crippen LogP contribution in [0.5, 0.6) is 5.75 Å².